The van der Waals surface area contributed by atoms with Gasteiger partial charge in [0.25, 0.3) is 0 Å². The summed E-state index contributed by atoms with van der Waals surface area (Å²) >= 11 is 0. The lowest BCUT2D eigenvalue weighted by Crippen LogP contribution is -2.45. The van der Waals surface area contributed by atoms with Crippen LogP contribution in [0.25, 0.3) is 0 Å². The van der Waals surface area contributed by atoms with Crippen molar-refractivity contribution >= 4 is 5.91 Å². The molecule has 1 aromatic heterocycles. The first-order valence-electron chi connectivity index (χ1n) is 7.51. The number of pyridine rings is 1. The van der Waals surface area contributed by atoms with Gasteiger partial charge in [0.2, 0.25) is 5.91 Å². The van der Waals surface area contributed by atoms with Crippen LogP contribution in [-0.4, -0.2) is 42.2 Å². The summed E-state index contributed by atoms with van der Waals surface area (Å²) < 4.78 is 11.1. The second-order valence-corrected chi connectivity index (χ2v) is 6.04. The molecule has 1 amide bonds. The number of amides is 1. The van der Waals surface area contributed by atoms with Crippen LogP contribution < -0.4 is 4.74 Å². The number of hydrogen-bond donors (Lipinski definition) is 0. The smallest absolute Gasteiger partial charge is 0.229 e. The van der Waals surface area contributed by atoms with Crippen molar-refractivity contribution in [3.05, 3.63) is 23.5 Å². The quantitative estimate of drug-likeness (QED) is 0.785. The maximum atomic E-state index is 12.9. The highest BCUT2D eigenvalue weighted by atomic mass is 16.5. The normalized spacial score (nSPS) is 20.3. The molecule has 2 aliphatic rings. The predicted octanol–water partition coefficient (Wildman–Crippen LogP) is 1.49. The highest BCUT2D eigenvalue weighted by Gasteiger charge is 2.39. The number of carbonyl (C=O) groups is 1. The molecule has 6 heteroatoms. The third-order valence-corrected chi connectivity index (χ3v) is 4.46. The molecule has 1 aromatic rings. The summed E-state index contributed by atoms with van der Waals surface area (Å²) in [6.45, 7) is 4.62. The van der Waals surface area contributed by atoms with Crippen LogP contribution in [0.3, 0.4) is 0 Å². The molecule has 1 fully saturated rings. The molecule has 6 nitrogen and oxygen atoms in total. The highest BCUT2D eigenvalue weighted by Crippen LogP contribution is 2.34. The van der Waals surface area contributed by atoms with E-state index in [9.17, 15) is 4.79 Å². The van der Waals surface area contributed by atoms with Gasteiger partial charge in [-0.2, -0.15) is 5.26 Å². The molecule has 0 N–H and O–H groups in total. The number of ether oxygens (including phenoxy) is 2. The predicted molar refractivity (Wildman–Crippen MR) is 78.0 cm³/mol. The van der Waals surface area contributed by atoms with Gasteiger partial charge in [-0.05, 0) is 12.8 Å². The zero-order valence-electron chi connectivity index (χ0n) is 12.7. The van der Waals surface area contributed by atoms with E-state index in [4.69, 9.17) is 14.7 Å². The first kappa shape index (κ1) is 14.8. The fourth-order valence-electron chi connectivity index (χ4n) is 2.99. The van der Waals surface area contributed by atoms with Gasteiger partial charge in [0, 0.05) is 31.2 Å². The Morgan fingerprint density at radius 3 is 2.86 bits per heavy atom. The first-order valence-corrected chi connectivity index (χ1v) is 7.51. The molecule has 0 atom stereocenters. The fourth-order valence-corrected chi connectivity index (χ4v) is 2.99. The van der Waals surface area contributed by atoms with E-state index in [2.05, 4.69) is 11.1 Å². The molecule has 0 radical (unpaired) electrons. The van der Waals surface area contributed by atoms with E-state index in [-0.39, 0.29) is 11.3 Å². The third-order valence-electron chi connectivity index (χ3n) is 4.46. The first-order chi connectivity index (χ1) is 10.6. The molecule has 0 unspecified atom stereocenters. The Bertz CT molecular complexity index is 618. The van der Waals surface area contributed by atoms with Crippen molar-refractivity contribution in [3.8, 4) is 11.8 Å². The minimum absolute atomic E-state index is 0.134. The molecule has 0 saturated carbocycles. The van der Waals surface area contributed by atoms with Gasteiger partial charge in [-0.1, -0.05) is 6.92 Å². The Hall–Kier alpha value is -2.13. The second-order valence-electron chi connectivity index (χ2n) is 6.04. The van der Waals surface area contributed by atoms with Crippen molar-refractivity contribution in [2.24, 2.45) is 5.41 Å². The Labute approximate surface area is 129 Å². The number of rotatable bonds is 1. The standard InChI is InChI=1S/C16H19N3O3/c1-16(2-5-21-6-3-16)15(20)19-4-7-22-14-12(8-17)9-18-10-13(14)11-19/h9-10H,2-7,11H2,1H3. The summed E-state index contributed by atoms with van der Waals surface area (Å²) in [5.74, 6) is 0.694. The van der Waals surface area contributed by atoms with Gasteiger partial charge in [-0.25, -0.2) is 0 Å². The van der Waals surface area contributed by atoms with E-state index < -0.39 is 0 Å². The molecule has 0 aromatic carbocycles. The summed E-state index contributed by atoms with van der Waals surface area (Å²) in [7, 11) is 0. The second kappa shape index (κ2) is 5.93. The van der Waals surface area contributed by atoms with E-state index in [0.29, 0.717) is 44.2 Å². The lowest BCUT2D eigenvalue weighted by molar-refractivity contribution is -0.147. The minimum Gasteiger partial charge on any atom is -0.490 e. The SMILES string of the molecule is CC1(C(=O)N2CCOc3c(C#N)cncc3C2)CCOCC1. The number of hydrogen-bond acceptors (Lipinski definition) is 5. The molecular formula is C16H19N3O3. The van der Waals surface area contributed by atoms with E-state index >= 15 is 0 Å². The number of nitrogens with zero attached hydrogens (tertiary/aromatic N) is 3. The Morgan fingerprint density at radius 2 is 2.14 bits per heavy atom. The molecule has 116 valence electrons. The maximum absolute atomic E-state index is 12.9. The van der Waals surface area contributed by atoms with Crippen LogP contribution in [0.1, 0.15) is 30.9 Å². The van der Waals surface area contributed by atoms with Crippen LogP contribution in [0.5, 0.6) is 5.75 Å². The maximum Gasteiger partial charge on any atom is 0.229 e. The number of nitriles is 1. The van der Waals surface area contributed by atoms with E-state index in [1.54, 1.807) is 6.20 Å². The largest absolute Gasteiger partial charge is 0.490 e. The van der Waals surface area contributed by atoms with Gasteiger partial charge in [0.1, 0.15) is 24.0 Å². The fraction of sp³-hybridized carbons (Fsp3) is 0.562. The Kier molecular flexibility index (Phi) is 3.99. The highest BCUT2D eigenvalue weighted by molar-refractivity contribution is 5.82. The topological polar surface area (TPSA) is 75.5 Å². The van der Waals surface area contributed by atoms with Crippen LogP contribution in [0.2, 0.25) is 0 Å². The van der Waals surface area contributed by atoms with Crippen LogP contribution in [-0.2, 0) is 16.1 Å². The van der Waals surface area contributed by atoms with Crippen molar-refractivity contribution in [2.75, 3.05) is 26.4 Å². The summed E-state index contributed by atoms with van der Waals surface area (Å²) in [5, 5.41) is 9.14. The number of aromatic nitrogens is 1. The Morgan fingerprint density at radius 1 is 1.36 bits per heavy atom. The number of fused-ring (bicyclic) bond motifs is 1. The zero-order valence-corrected chi connectivity index (χ0v) is 12.7. The summed E-state index contributed by atoms with van der Waals surface area (Å²) in [4.78, 5) is 18.8. The van der Waals surface area contributed by atoms with Gasteiger partial charge in [0.15, 0.2) is 0 Å². The van der Waals surface area contributed by atoms with Crippen molar-refractivity contribution in [1.82, 2.24) is 9.88 Å². The average molecular weight is 301 g/mol. The van der Waals surface area contributed by atoms with Gasteiger partial charge in [-0.3, -0.25) is 9.78 Å². The van der Waals surface area contributed by atoms with Gasteiger partial charge < -0.3 is 14.4 Å². The van der Waals surface area contributed by atoms with E-state index in [1.807, 2.05) is 11.8 Å². The monoisotopic (exact) mass is 301 g/mol. The third kappa shape index (κ3) is 2.64. The summed E-state index contributed by atoms with van der Waals surface area (Å²) in [5.41, 5.74) is 0.841. The molecule has 0 bridgehead atoms. The zero-order chi connectivity index (χ0) is 15.6. The van der Waals surface area contributed by atoms with Gasteiger partial charge in [-0.15, -0.1) is 0 Å². The van der Waals surface area contributed by atoms with Crippen molar-refractivity contribution < 1.29 is 14.3 Å². The molecule has 0 spiro atoms. The van der Waals surface area contributed by atoms with Crippen LogP contribution in [0.4, 0.5) is 0 Å². The van der Waals surface area contributed by atoms with Crippen molar-refractivity contribution in [2.45, 2.75) is 26.3 Å². The van der Waals surface area contributed by atoms with Gasteiger partial charge >= 0.3 is 0 Å². The Balaban J connectivity index is 1.84. The molecule has 3 heterocycles. The molecule has 0 aliphatic carbocycles. The molecule has 2 aliphatic heterocycles. The lowest BCUT2D eigenvalue weighted by atomic mass is 9.81. The van der Waals surface area contributed by atoms with E-state index in [0.717, 1.165) is 18.4 Å². The molecule has 22 heavy (non-hydrogen) atoms. The van der Waals surface area contributed by atoms with Crippen LogP contribution >= 0.6 is 0 Å². The molecule has 1 saturated heterocycles. The van der Waals surface area contributed by atoms with Crippen LogP contribution in [0.15, 0.2) is 12.4 Å². The van der Waals surface area contributed by atoms with Crippen molar-refractivity contribution in [3.63, 3.8) is 0 Å². The minimum atomic E-state index is -0.372. The lowest BCUT2D eigenvalue weighted by Gasteiger charge is -2.36. The molecular weight excluding hydrogens is 282 g/mol. The summed E-state index contributed by atoms with van der Waals surface area (Å²) in [6.07, 6.45) is 4.66. The summed E-state index contributed by atoms with van der Waals surface area (Å²) in [6, 6.07) is 2.09. The van der Waals surface area contributed by atoms with Gasteiger partial charge in [0.05, 0.1) is 18.5 Å². The van der Waals surface area contributed by atoms with Crippen LogP contribution in [0, 0.1) is 16.7 Å². The van der Waals surface area contributed by atoms with Crippen molar-refractivity contribution in [1.29, 1.82) is 5.26 Å². The average Bonchev–Trinajstić information content (AvgIpc) is 2.76. The number of carbonyl (C=O) groups excluding carboxylic acids is 1. The van der Waals surface area contributed by atoms with E-state index in [1.165, 1.54) is 6.20 Å². The molecule has 3 rings (SSSR count).